The molecular weight excluding hydrogens is 214 g/mol. The summed E-state index contributed by atoms with van der Waals surface area (Å²) >= 11 is 0. The summed E-state index contributed by atoms with van der Waals surface area (Å²) in [5, 5.41) is 10.3. The summed E-state index contributed by atoms with van der Waals surface area (Å²) in [6, 6.07) is 5.97. The lowest BCUT2D eigenvalue weighted by atomic mass is 9.94. The van der Waals surface area contributed by atoms with Crippen LogP contribution in [0.2, 0.25) is 0 Å². The highest BCUT2D eigenvalue weighted by molar-refractivity contribution is 5.47. The molecule has 1 aromatic rings. The van der Waals surface area contributed by atoms with Crippen LogP contribution in [0.1, 0.15) is 38.0 Å². The number of nitrogens with two attached hydrogens (primary N) is 1. The van der Waals surface area contributed by atoms with Crippen LogP contribution in [0.3, 0.4) is 0 Å². The molecule has 1 heterocycles. The first kappa shape index (κ1) is 12.4. The Balaban J connectivity index is 2.36. The molecule has 3 N–H and O–H groups in total. The zero-order chi connectivity index (χ0) is 12.6. The Kier molecular flexibility index (Phi) is 3.15. The van der Waals surface area contributed by atoms with E-state index in [0.29, 0.717) is 6.54 Å². The zero-order valence-corrected chi connectivity index (χ0v) is 10.7. The van der Waals surface area contributed by atoms with Crippen molar-refractivity contribution in [3.05, 3.63) is 29.3 Å². The number of benzene rings is 1. The SMILES string of the molecule is CC(CN)C(O)c1cccc2c1OC(C)(C)C2. The molecule has 0 saturated carbocycles. The topological polar surface area (TPSA) is 55.5 Å². The summed E-state index contributed by atoms with van der Waals surface area (Å²) in [6.07, 6.45) is 0.337. The molecule has 0 amide bonds. The first-order valence-corrected chi connectivity index (χ1v) is 6.13. The highest BCUT2D eigenvalue weighted by Crippen LogP contribution is 2.41. The van der Waals surface area contributed by atoms with E-state index in [1.807, 2.05) is 19.1 Å². The Bertz CT molecular complexity index is 415. The fraction of sp³-hybridized carbons (Fsp3) is 0.571. The quantitative estimate of drug-likeness (QED) is 0.842. The van der Waals surface area contributed by atoms with Crippen molar-refractivity contribution in [3.63, 3.8) is 0 Å². The maximum absolute atomic E-state index is 10.3. The maximum atomic E-state index is 10.3. The van der Waals surface area contributed by atoms with Crippen molar-refractivity contribution in [2.75, 3.05) is 6.54 Å². The van der Waals surface area contributed by atoms with E-state index < -0.39 is 6.10 Å². The average molecular weight is 235 g/mol. The van der Waals surface area contributed by atoms with Crippen LogP contribution >= 0.6 is 0 Å². The molecule has 2 atom stereocenters. The van der Waals surface area contributed by atoms with E-state index in [0.717, 1.165) is 17.7 Å². The Morgan fingerprint density at radius 3 is 2.82 bits per heavy atom. The Morgan fingerprint density at radius 1 is 1.47 bits per heavy atom. The molecule has 2 unspecified atom stereocenters. The third kappa shape index (κ3) is 2.31. The number of rotatable bonds is 3. The van der Waals surface area contributed by atoms with Crippen LogP contribution in [0, 0.1) is 5.92 Å². The Labute approximate surface area is 103 Å². The number of ether oxygens (including phenoxy) is 1. The predicted molar refractivity (Wildman–Crippen MR) is 68.0 cm³/mol. The van der Waals surface area contributed by atoms with Gasteiger partial charge in [-0.05, 0) is 31.9 Å². The van der Waals surface area contributed by atoms with Crippen molar-refractivity contribution in [2.45, 2.75) is 38.9 Å². The van der Waals surface area contributed by atoms with Gasteiger partial charge in [0.05, 0.1) is 6.10 Å². The third-order valence-corrected chi connectivity index (χ3v) is 3.35. The lowest BCUT2D eigenvalue weighted by Gasteiger charge is -2.22. The van der Waals surface area contributed by atoms with Gasteiger partial charge in [0, 0.05) is 12.0 Å². The molecule has 3 heteroatoms. The Morgan fingerprint density at radius 2 is 2.18 bits per heavy atom. The van der Waals surface area contributed by atoms with Gasteiger partial charge >= 0.3 is 0 Å². The number of aliphatic hydroxyl groups is 1. The van der Waals surface area contributed by atoms with Crippen LogP contribution in [0.5, 0.6) is 5.75 Å². The zero-order valence-electron chi connectivity index (χ0n) is 10.7. The van der Waals surface area contributed by atoms with E-state index >= 15 is 0 Å². The van der Waals surface area contributed by atoms with Crippen LogP contribution in [-0.2, 0) is 6.42 Å². The van der Waals surface area contributed by atoms with E-state index in [1.54, 1.807) is 0 Å². The molecule has 94 valence electrons. The van der Waals surface area contributed by atoms with Gasteiger partial charge in [0.2, 0.25) is 0 Å². The highest BCUT2D eigenvalue weighted by Gasteiger charge is 2.33. The Hall–Kier alpha value is -1.06. The van der Waals surface area contributed by atoms with Gasteiger partial charge in [0.15, 0.2) is 0 Å². The molecule has 0 saturated heterocycles. The summed E-state index contributed by atoms with van der Waals surface area (Å²) in [4.78, 5) is 0. The maximum Gasteiger partial charge on any atom is 0.129 e. The molecule has 0 spiro atoms. The van der Waals surface area contributed by atoms with Crippen molar-refractivity contribution >= 4 is 0 Å². The van der Waals surface area contributed by atoms with Crippen molar-refractivity contribution in [3.8, 4) is 5.75 Å². The molecule has 0 aliphatic carbocycles. The van der Waals surface area contributed by atoms with E-state index in [4.69, 9.17) is 10.5 Å². The summed E-state index contributed by atoms with van der Waals surface area (Å²) in [5.74, 6) is 0.888. The lowest BCUT2D eigenvalue weighted by Crippen LogP contribution is -2.25. The normalized spacial score (nSPS) is 20.5. The van der Waals surface area contributed by atoms with Crippen LogP contribution in [0.25, 0.3) is 0 Å². The van der Waals surface area contributed by atoms with Crippen LogP contribution in [0.15, 0.2) is 18.2 Å². The van der Waals surface area contributed by atoms with Crippen LogP contribution < -0.4 is 10.5 Å². The minimum Gasteiger partial charge on any atom is -0.487 e. The highest BCUT2D eigenvalue weighted by atomic mass is 16.5. The largest absolute Gasteiger partial charge is 0.487 e. The van der Waals surface area contributed by atoms with Gasteiger partial charge in [0.25, 0.3) is 0 Å². The minimum absolute atomic E-state index is 0.0359. The van der Waals surface area contributed by atoms with Crippen molar-refractivity contribution in [1.29, 1.82) is 0 Å². The number of para-hydroxylation sites is 1. The van der Waals surface area contributed by atoms with Gasteiger partial charge in [0.1, 0.15) is 11.4 Å². The average Bonchev–Trinajstić information content (AvgIpc) is 2.60. The molecule has 0 fully saturated rings. The smallest absolute Gasteiger partial charge is 0.129 e. The van der Waals surface area contributed by atoms with Crippen molar-refractivity contribution in [2.24, 2.45) is 11.7 Å². The lowest BCUT2D eigenvalue weighted by molar-refractivity contribution is 0.104. The van der Waals surface area contributed by atoms with Gasteiger partial charge in [-0.15, -0.1) is 0 Å². The van der Waals surface area contributed by atoms with Gasteiger partial charge < -0.3 is 15.6 Å². The monoisotopic (exact) mass is 235 g/mol. The van der Waals surface area contributed by atoms with E-state index in [-0.39, 0.29) is 11.5 Å². The van der Waals surface area contributed by atoms with Crippen LogP contribution in [-0.4, -0.2) is 17.3 Å². The van der Waals surface area contributed by atoms with Crippen LogP contribution in [0.4, 0.5) is 0 Å². The second-order valence-corrected chi connectivity index (χ2v) is 5.53. The molecule has 3 nitrogen and oxygen atoms in total. The predicted octanol–water partition coefficient (Wildman–Crippen LogP) is 2.03. The first-order valence-electron chi connectivity index (χ1n) is 6.13. The van der Waals surface area contributed by atoms with Crippen molar-refractivity contribution in [1.82, 2.24) is 0 Å². The summed E-state index contributed by atoms with van der Waals surface area (Å²) in [6.45, 7) is 6.55. The summed E-state index contributed by atoms with van der Waals surface area (Å²) in [5.41, 5.74) is 7.47. The molecule has 0 aromatic heterocycles. The van der Waals surface area contributed by atoms with E-state index in [1.165, 1.54) is 5.56 Å². The molecule has 0 radical (unpaired) electrons. The standard InChI is InChI=1S/C14H21NO2/c1-9(8-15)12(16)11-6-4-5-10-7-14(2,3)17-13(10)11/h4-6,9,12,16H,7-8,15H2,1-3H3. The van der Waals surface area contributed by atoms with Gasteiger partial charge in [-0.3, -0.25) is 0 Å². The summed E-state index contributed by atoms with van der Waals surface area (Å²) in [7, 11) is 0. The molecule has 17 heavy (non-hydrogen) atoms. The number of hydrogen-bond acceptors (Lipinski definition) is 3. The molecule has 1 aliphatic heterocycles. The number of hydrogen-bond donors (Lipinski definition) is 2. The minimum atomic E-state index is -0.552. The third-order valence-electron chi connectivity index (χ3n) is 3.35. The first-order chi connectivity index (χ1) is 7.94. The molecule has 1 aliphatic rings. The van der Waals surface area contributed by atoms with E-state index in [9.17, 15) is 5.11 Å². The second-order valence-electron chi connectivity index (χ2n) is 5.53. The van der Waals surface area contributed by atoms with Gasteiger partial charge in [-0.25, -0.2) is 0 Å². The molecule has 1 aromatic carbocycles. The number of fused-ring (bicyclic) bond motifs is 1. The second kappa shape index (κ2) is 4.31. The van der Waals surface area contributed by atoms with Gasteiger partial charge in [-0.1, -0.05) is 25.1 Å². The molecule has 0 bridgehead atoms. The number of aliphatic hydroxyl groups excluding tert-OH is 1. The van der Waals surface area contributed by atoms with Crippen molar-refractivity contribution < 1.29 is 9.84 Å². The fourth-order valence-corrected chi connectivity index (χ4v) is 2.31. The van der Waals surface area contributed by atoms with Gasteiger partial charge in [-0.2, -0.15) is 0 Å². The fourth-order valence-electron chi connectivity index (χ4n) is 2.31. The van der Waals surface area contributed by atoms with E-state index in [2.05, 4.69) is 19.9 Å². The molecular formula is C14H21NO2. The molecule has 2 rings (SSSR count). The summed E-state index contributed by atoms with van der Waals surface area (Å²) < 4.78 is 5.94.